The van der Waals surface area contributed by atoms with E-state index in [0.717, 1.165) is 0 Å². The van der Waals surface area contributed by atoms with Crippen LogP contribution in [0.5, 0.6) is 0 Å². The van der Waals surface area contributed by atoms with Gasteiger partial charge in [-0.05, 0) is 29.5 Å². The number of hydrogen-bond acceptors (Lipinski definition) is 9. The maximum Gasteiger partial charge on any atom is 0.277 e. The molecular weight excluding hydrogens is 380 g/mol. The minimum atomic E-state index is -0.332. The van der Waals surface area contributed by atoms with Crippen LogP contribution < -0.4 is 10.1 Å². The molecule has 3 aromatic heterocycles. The number of tetrazole rings is 1. The van der Waals surface area contributed by atoms with Gasteiger partial charge in [-0.2, -0.15) is 4.80 Å². The zero-order valence-electron chi connectivity index (χ0n) is 15.9. The predicted octanol–water partition coefficient (Wildman–Crippen LogP) is -0.660. The second kappa shape index (κ2) is 7.79. The van der Waals surface area contributed by atoms with Gasteiger partial charge in [0.1, 0.15) is 11.6 Å². The average molecular weight is 399 g/mol. The zero-order valence-corrected chi connectivity index (χ0v) is 15.9. The van der Waals surface area contributed by atoms with Crippen molar-refractivity contribution in [3.05, 3.63) is 39.9 Å². The van der Waals surface area contributed by atoms with Gasteiger partial charge in [0, 0.05) is 36.2 Å². The summed E-state index contributed by atoms with van der Waals surface area (Å²) in [6, 6.07) is 2.83. The number of hydrogen-bond donors (Lipinski definition) is 0. The molecule has 13 heteroatoms. The van der Waals surface area contributed by atoms with E-state index >= 15 is 0 Å². The van der Waals surface area contributed by atoms with Crippen molar-refractivity contribution in [3.8, 4) is 0 Å². The van der Waals surface area contributed by atoms with Crippen LogP contribution in [0.1, 0.15) is 19.4 Å². The topological polar surface area (TPSA) is 141 Å². The molecule has 4 rings (SSSR count). The maximum atomic E-state index is 12.9. The summed E-state index contributed by atoms with van der Waals surface area (Å²) in [5.41, 5.74) is 0.406. The normalized spacial score (nSPS) is 12.6. The average Bonchev–Trinajstić information content (AvgIpc) is 3.22. The van der Waals surface area contributed by atoms with Crippen LogP contribution in [0, 0.1) is 4.91 Å². The summed E-state index contributed by atoms with van der Waals surface area (Å²) >= 11 is 0. The Morgan fingerprint density at radius 3 is 2.86 bits per heavy atom. The quantitative estimate of drug-likeness (QED) is 0.225. The number of methoxy groups -OCH3 is 1. The van der Waals surface area contributed by atoms with Gasteiger partial charge in [-0.1, -0.05) is 5.21 Å². The molecule has 1 aromatic carbocycles. The van der Waals surface area contributed by atoms with Gasteiger partial charge in [0.15, 0.2) is 12.5 Å². The van der Waals surface area contributed by atoms with Crippen LogP contribution in [0.15, 0.2) is 29.5 Å². The highest BCUT2D eigenvalue weighted by molar-refractivity contribution is 5.91. The maximum absolute atomic E-state index is 12.9. The monoisotopic (exact) mass is 399 g/mol. The Kier molecular flexibility index (Phi) is 5.03. The van der Waals surface area contributed by atoms with Crippen LogP contribution in [0.4, 0.5) is 0 Å². The molecule has 0 spiro atoms. The Labute approximate surface area is 163 Å². The molecule has 29 heavy (non-hydrogen) atoms. The number of fused-ring (bicyclic) bond motifs is 2. The molecule has 4 aromatic rings. The first-order chi connectivity index (χ1) is 14.1. The Morgan fingerprint density at radius 2 is 2.10 bits per heavy atom. The molecule has 0 aliphatic carbocycles. The fourth-order valence-corrected chi connectivity index (χ4v) is 3.06. The summed E-state index contributed by atoms with van der Waals surface area (Å²) in [4.78, 5) is 28.2. The predicted molar refractivity (Wildman–Crippen MR) is 99.5 cm³/mol. The fraction of sp³-hybridized carbons (Fsp3) is 0.438. The number of ether oxygens (including phenoxy) is 1. The number of nitrogens with zero attached hydrogens (tertiary/aromatic N) is 10. The van der Waals surface area contributed by atoms with E-state index in [0.29, 0.717) is 52.5 Å². The van der Waals surface area contributed by atoms with Gasteiger partial charge in [0.2, 0.25) is 5.52 Å². The molecule has 0 saturated heterocycles. The van der Waals surface area contributed by atoms with E-state index in [4.69, 9.17) is 4.74 Å². The molecule has 0 N–H and O–H groups in total. The third kappa shape index (κ3) is 3.59. The number of benzene rings is 1. The highest BCUT2D eigenvalue weighted by atomic mass is 16.5. The van der Waals surface area contributed by atoms with Crippen molar-refractivity contribution in [2.45, 2.75) is 32.5 Å². The Morgan fingerprint density at radius 1 is 1.24 bits per heavy atom. The second-order valence-corrected chi connectivity index (χ2v) is 6.57. The van der Waals surface area contributed by atoms with Gasteiger partial charge >= 0.3 is 0 Å². The van der Waals surface area contributed by atoms with Crippen molar-refractivity contribution in [2.24, 2.45) is 0 Å². The highest BCUT2D eigenvalue weighted by Crippen LogP contribution is 2.15. The lowest BCUT2D eigenvalue weighted by Gasteiger charge is -2.07. The molecule has 1 atom stereocenters. The summed E-state index contributed by atoms with van der Waals surface area (Å²) in [7, 11) is 1.60. The number of aromatic nitrogens is 10. The first-order valence-electron chi connectivity index (χ1n) is 9.00. The van der Waals surface area contributed by atoms with E-state index in [1.807, 2.05) is 6.92 Å². The van der Waals surface area contributed by atoms with Crippen molar-refractivity contribution in [3.63, 3.8) is 0 Å². The fourth-order valence-electron chi connectivity index (χ4n) is 3.06. The van der Waals surface area contributed by atoms with Gasteiger partial charge in [-0.3, -0.25) is 4.79 Å². The molecule has 3 heterocycles. The lowest BCUT2D eigenvalue weighted by atomic mass is 10.2. The first kappa shape index (κ1) is 18.7. The largest absolute Gasteiger partial charge is 0.385 e. The zero-order chi connectivity index (χ0) is 20.4. The molecule has 150 valence electrons. The molecule has 0 saturated carbocycles. The minimum absolute atomic E-state index is 0.271. The Bertz CT molecular complexity index is 1260. The number of rotatable bonds is 7. The summed E-state index contributed by atoms with van der Waals surface area (Å²) < 4.78 is 6.96. The smallest absolute Gasteiger partial charge is 0.277 e. The minimum Gasteiger partial charge on any atom is -0.385 e. The van der Waals surface area contributed by atoms with Crippen molar-refractivity contribution >= 4 is 21.8 Å². The summed E-state index contributed by atoms with van der Waals surface area (Å²) in [5, 5.41) is 24.6. The molecule has 0 amide bonds. The van der Waals surface area contributed by atoms with Crippen molar-refractivity contribution < 1.29 is 9.28 Å². The lowest BCUT2D eigenvalue weighted by molar-refractivity contribution is -0.585. The number of aryl methyl sites for hydroxylation is 1. The second-order valence-electron chi connectivity index (χ2n) is 6.57. The first-order valence-corrected chi connectivity index (χ1v) is 9.00. The van der Waals surface area contributed by atoms with E-state index in [-0.39, 0.29) is 11.6 Å². The SMILES string of the molecule is COCCCn1nnc2cc3c(cnn([C@H](C)Cn4ncnn4)[n+]3=O)cc2c1=O. The molecule has 0 aliphatic rings. The van der Waals surface area contributed by atoms with Gasteiger partial charge < -0.3 is 4.74 Å². The van der Waals surface area contributed by atoms with Crippen LogP contribution in [0.25, 0.3) is 21.8 Å². The van der Waals surface area contributed by atoms with Crippen LogP contribution in [0.2, 0.25) is 0 Å². The Balaban J connectivity index is 1.74. The van der Waals surface area contributed by atoms with Crippen LogP contribution in [-0.2, 0) is 17.8 Å². The molecule has 13 nitrogen and oxygen atoms in total. The van der Waals surface area contributed by atoms with Crippen molar-refractivity contribution in [1.82, 2.24) is 45.1 Å². The highest BCUT2D eigenvalue weighted by Gasteiger charge is 2.20. The van der Waals surface area contributed by atoms with Gasteiger partial charge in [0.25, 0.3) is 5.56 Å². The van der Waals surface area contributed by atoms with Gasteiger partial charge in [-0.25, -0.2) is 4.68 Å². The van der Waals surface area contributed by atoms with Gasteiger partial charge in [-0.15, -0.1) is 15.3 Å². The van der Waals surface area contributed by atoms with E-state index < -0.39 is 0 Å². The molecule has 0 unspecified atom stereocenters. The van der Waals surface area contributed by atoms with E-state index in [1.54, 1.807) is 25.4 Å². The van der Waals surface area contributed by atoms with Crippen LogP contribution in [0.3, 0.4) is 0 Å². The molecule has 0 aliphatic heterocycles. The van der Waals surface area contributed by atoms with E-state index in [2.05, 4.69) is 30.8 Å². The van der Waals surface area contributed by atoms with E-state index in [1.165, 1.54) is 20.6 Å². The van der Waals surface area contributed by atoms with Crippen LogP contribution in [-0.4, -0.2) is 58.8 Å². The third-order valence-corrected chi connectivity index (χ3v) is 4.51. The van der Waals surface area contributed by atoms with Crippen molar-refractivity contribution in [2.75, 3.05) is 13.7 Å². The summed E-state index contributed by atoms with van der Waals surface area (Å²) in [6.07, 6.45) is 3.51. The molecular formula is C16H19N10O3+. The molecule has 0 bridgehead atoms. The van der Waals surface area contributed by atoms with Gasteiger partial charge in [0.05, 0.1) is 21.9 Å². The summed E-state index contributed by atoms with van der Waals surface area (Å²) in [5.74, 6) is 0. The third-order valence-electron chi connectivity index (χ3n) is 4.51. The van der Waals surface area contributed by atoms with Crippen molar-refractivity contribution in [1.29, 1.82) is 0 Å². The molecule has 0 fully saturated rings. The standard InChI is InChI=1S/C16H19N10O3/c1-11(9-24-19-10-17-21-24)25-18-8-12-6-13-14(7-15(12)26(25)28)20-22-23(16(13)27)4-3-5-29-2/h6-8,10-11H,3-5,9H2,1-2H3/q+1/t11-/m1/s1. The van der Waals surface area contributed by atoms with Crippen LogP contribution >= 0.6 is 0 Å². The Hall–Kier alpha value is -3.61. The summed E-state index contributed by atoms with van der Waals surface area (Å²) in [6.45, 7) is 3.06. The lowest BCUT2D eigenvalue weighted by Crippen LogP contribution is -2.37. The van der Waals surface area contributed by atoms with E-state index in [9.17, 15) is 9.70 Å². The molecule has 0 radical (unpaired) electrons.